The number of amides is 1. The summed E-state index contributed by atoms with van der Waals surface area (Å²) < 4.78 is 41.4. The molecule has 0 aliphatic heterocycles. The van der Waals surface area contributed by atoms with Gasteiger partial charge < -0.3 is 10.0 Å². The number of fused-ring (bicyclic) bond motifs is 1. The van der Waals surface area contributed by atoms with E-state index < -0.39 is 34.8 Å². The predicted molar refractivity (Wildman–Crippen MR) is 115 cm³/mol. The topological polar surface area (TPSA) is 70.5 Å². The van der Waals surface area contributed by atoms with Crippen molar-refractivity contribution >= 4 is 50.9 Å². The fraction of sp³-hybridized carbons (Fsp3) is 0.286. The van der Waals surface area contributed by atoms with Crippen LogP contribution in [0.3, 0.4) is 0 Å². The number of hydrogen-bond donors (Lipinski definition) is 1. The zero-order valence-corrected chi connectivity index (χ0v) is 18.2. The van der Waals surface area contributed by atoms with Crippen LogP contribution in [0, 0.1) is 17.5 Å². The van der Waals surface area contributed by atoms with Crippen LogP contribution >= 0.6 is 23.1 Å². The van der Waals surface area contributed by atoms with E-state index in [0.29, 0.717) is 11.8 Å². The summed E-state index contributed by atoms with van der Waals surface area (Å²) in [5, 5.41) is 9.10. The molecular weight excluding hydrogens is 449 g/mol. The first kappa shape index (κ1) is 23.1. The maximum atomic E-state index is 14.0. The Balaban J connectivity index is 1.92. The van der Waals surface area contributed by atoms with Crippen LogP contribution < -0.4 is 4.90 Å². The number of thiazole rings is 1. The van der Waals surface area contributed by atoms with E-state index in [1.807, 2.05) is 12.1 Å². The molecule has 0 saturated heterocycles. The number of benzene rings is 2. The third-order valence-corrected chi connectivity index (χ3v) is 6.59. The Hall–Kier alpha value is -2.59. The van der Waals surface area contributed by atoms with E-state index in [-0.39, 0.29) is 29.1 Å². The molecule has 31 heavy (non-hydrogen) atoms. The molecule has 5 nitrogen and oxygen atoms in total. The summed E-state index contributed by atoms with van der Waals surface area (Å²) in [6.07, 6.45) is 0.412. The maximum absolute atomic E-state index is 14.0. The minimum absolute atomic E-state index is 0.125. The minimum Gasteiger partial charge on any atom is -0.481 e. The first-order valence-corrected chi connectivity index (χ1v) is 11.3. The number of aliphatic carboxylic acids is 1. The normalized spacial score (nSPS) is 11.1. The third kappa shape index (κ3) is 5.56. The molecule has 0 spiro atoms. The van der Waals surface area contributed by atoms with E-state index in [0.717, 1.165) is 28.4 Å². The highest BCUT2D eigenvalue weighted by Crippen LogP contribution is 2.31. The van der Waals surface area contributed by atoms with Crippen LogP contribution in [-0.4, -0.2) is 27.7 Å². The van der Waals surface area contributed by atoms with Crippen molar-refractivity contribution < 1.29 is 27.9 Å². The predicted octanol–water partition coefficient (Wildman–Crippen LogP) is 5.61. The quantitative estimate of drug-likeness (QED) is 0.326. The smallest absolute Gasteiger partial charge is 0.303 e. The van der Waals surface area contributed by atoms with Crippen molar-refractivity contribution in [1.82, 2.24) is 4.98 Å². The van der Waals surface area contributed by atoms with E-state index in [1.54, 1.807) is 23.9 Å². The van der Waals surface area contributed by atoms with Crippen LogP contribution in [0.15, 0.2) is 35.2 Å². The molecule has 1 amide bonds. The Morgan fingerprint density at radius 1 is 1.13 bits per heavy atom. The summed E-state index contributed by atoms with van der Waals surface area (Å²) >= 11 is 2.48. The fourth-order valence-electron chi connectivity index (χ4n) is 2.85. The molecule has 1 heterocycles. The van der Waals surface area contributed by atoms with Gasteiger partial charge in [0.25, 0.3) is 0 Å². The number of rotatable bonds is 9. The molecule has 2 aromatic carbocycles. The number of halogens is 3. The van der Waals surface area contributed by atoms with Crippen molar-refractivity contribution in [2.45, 2.75) is 37.6 Å². The van der Waals surface area contributed by atoms with Gasteiger partial charge in [-0.2, -0.15) is 0 Å². The van der Waals surface area contributed by atoms with Crippen LogP contribution in [0.25, 0.3) is 10.2 Å². The highest BCUT2D eigenvalue weighted by molar-refractivity contribution is 7.99. The standard InChI is InChI=1S/C21H19F3N2O3S2/c1-2-9-30-13-5-3-12(4-6-13)26(17(27)7-8-18(28)29)11-16-25-20-19(24)14(22)10-15(23)21(20)31-16/h3-6,10H,2,7-9,11H2,1H3,(H,28,29). The molecule has 0 saturated carbocycles. The van der Waals surface area contributed by atoms with Crippen molar-refractivity contribution in [2.75, 3.05) is 10.7 Å². The number of anilines is 1. The SMILES string of the molecule is CCCSc1ccc(N(Cc2nc3c(F)c(F)cc(F)c3s2)C(=O)CCC(=O)O)cc1. The van der Waals surface area contributed by atoms with Gasteiger partial charge in [0.1, 0.15) is 16.3 Å². The minimum atomic E-state index is -1.34. The molecule has 3 rings (SSSR count). The van der Waals surface area contributed by atoms with Crippen molar-refractivity contribution in [3.05, 3.63) is 52.8 Å². The summed E-state index contributed by atoms with van der Waals surface area (Å²) in [4.78, 5) is 29.9. The van der Waals surface area contributed by atoms with Crippen LogP contribution in [0.5, 0.6) is 0 Å². The second-order valence-electron chi connectivity index (χ2n) is 6.66. The third-order valence-electron chi connectivity index (χ3n) is 4.33. The van der Waals surface area contributed by atoms with Crippen molar-refractivity contribution in [3.8, 4) is 0 Å². The number of carboxylic acids is 1. The fourth-order valence-corrected chi connectivity index (χ4v) is 4.57. The van der Waals surface area contributed by atoms with E-state index in [4.69, 9.17) is 5.11 Å². The average molecular weight is 469 g/mol. The van der Waals surface area contributed by atoms with Crippen LogP contribution in [-0.2, 0) is 16.1 Å². The molecule has 164 valence electrons. The van der Waals surface area contributed by atoms with Gasteiger partial charge in [-0.1, -0.05) is 6.92 Å². The molecule has 1 aromatic heterocycles. The van der Waals surface area contributed by atoms with Gasteiger partial charge in [0.05, 0.1) is 17.7 Å². The molecule has 0 atom stereocenters. The molecule has 3 aromatic rings. The van der Waals surface area contributed by atoms with Gasteiger partial charge in [-0.3, -0.25) is 9.59 Å². The lowest BCUT2D eigenvalue weighted by molar-refractivity contribution is -0.138. The Bertz CT molecular complexity index is 1100. The number of nitrogens with zero attached hydrogens (tertiary/aromatic N) is 2. The number of carbonyl (C=O) groups is 2. The number of hydrogen-bond acceptors (Lipinski definition) is 5. The molecule has 0 unspecified atom stereocenters. The Morgan fingerprint density at radius 2 is 1.84 bits per heavy atom. The van der Waals surface area contributed by atoms with Gasteiger partial charge >= 0.3 is 5.97 Å². The van der Waals surface area contributed by atoms with Crippen molar-refractivity contribution in [2.24, 2.45) is 0 Å². The number of aromatic nitrogens is 1. The van der Waals surface area contributed by atoms with Gasteiger partial charge in [0, 0.05) is 23.1 Å². The molecule has 0 aliphatic rings. The van der Waals surface area contributed by atoms with Crippen LogP contribution in [0.4, 0.5) is 18.9 Å². The summed E-state index contributed by atoms with van der Waals surface area (Å²) in [6.45, 7) is 1.94. The van der Waals surface area contributed by atoms with E-state index in [1.165, 1.54) is 4.90 Å². The second kappa shape index (κ2) is 10.1. The second-order valence-corrected chi connectivity index (χ2v) is 8.91. The van der Waals surface area contributed by atoms with Crippen LogP contribution in [0.1, 0.15) is 31.2 Å². The lowest BCUT2D eigenvalue weighted by Crippen LogP contribution is -2.30. The lowest BCUT2D eigenvalue weighted by Gasteiger charge is -2.22. The number of carboxylic acid groups (broad SMARTS) is 1. The van der Waals surface area contributed by atoms with Gasteiger partial charge in [-0.15, -0.1) is 23.1 Å². The zero-order chi connectivity index (χ0) is 22.5. The van der Waals surface area contributed by atoms with E-state index >= 15 is 0 Å². The highest BCUT2D eigenvalue weighted by atomic mass is 32.2. The highest BCUT2D eigenvalue weighted by Gasteiger charge is 2.22. The number of thioether (sulfide) groups is 1. The zero-order valence-electron chi connectivity index (χ0n) is 16.5. The van der Waals surface area contributed by atoms with Gasteiger partial charge in [-0.05, 0) is 36.4 Å². The van der Waals surface area contributed by atoms with E-state index in [2.05, 4.69) is 11.9 Å². The summed E-state index contributed by atoms with van der Waals surface area (Å²) in [5.41, 5.74) is 0.0735. The lowest BCUT2D eigenvalue weighted by atomic mass is 10.2. The van der Waals surface area contributed by atoms with Gasteiger partial charge in [0.15, 0.2) is 11.6 Å². The van der Waals surface area contributed by atoms with E-state index in [9.17, 15) is 22.8 Å². The first-order chi connectivity index (χ1) is 14.8. The summed E-state index contributed by atoms with van der Waals surface area (Å²) in [6, 6.07) is 7.61. The largest absolute Gasteiger partial charge is 0.481 e. The monoisotopic (exact) mass is 468 g/mol. The molecule has 0 radical (unpaired) electrons. The summed E-state index contributed by atoms with van der Waals surface area (Å²) in [7, 11) is 0. The molecule has 10 heteroatoms. The molecule has 0 fully saturated rings. The van der Waals surface area contributed by atoms with Crippen molar-refractivity contribution in [3.63, 3.8) is 0 Å². The Kier molecular flexibility index (Phi) is 7.55. The van der Waals surface area contributed by atoms with Gasteiger partial charge in [-0.25, -0.2) is 18.2 Å². The van der Waals surface area contributed by atoms with Crippen LogP contribution in [0.2, 0.25) is 0 Å². The average Bonchev–Trinajstić information content (AvgIpc) is 3.18. The molecule has 1 N–H and O–H groups in total. The Labute approximate surface area is 184 Å². The van der Waals surface area contributed by atoms with Crippen molar-refractivity contribution in [1.29, 1.82) is 0 Å². The number of carbonyl (C=O) groups excluding carboxylic acids is 1. The molecular formula is C21H19F3N2O3S2. The molecule has 0 bridgehead atoms. The molecule has 0 aliphatic carbocycles. The Morgan fingerprint density at radius 3 is 2.48 bits per heavy atom. The summed E-state index contributed by atoms with van der Waals surface area (Å²) in [5.74, 6) is -4.16. The first-order valence-electron chi connectivity index (χ1n) is 9.48. The maximum Gasteiger partial charge on any atom is 0.303 e. The van der Waals surface area contributed by atoms with Gasteiger partial charge in [0.2, 0.25) is 5.91 Å².